The maximum atomic E-state index is 11.1. The van der Waals surface area contributed by atoms with E-state index < -0.39 is 0 Å². The molecule has 8 heteroatoms. The molecule has 1 aromatic rings. The molecule has 1 fully saturated rings. The quantitative estimate of drug-likeness (QED) is 0.248. The van der Waals surface area contributed by atoms with Crippen molar-refractivity contribution < 1.29 is 19.0 Å². The van der Waals surface area contributed by atoms with Crippen LogP contribution in [0.2, 0.25) is 0 Å². The molecule has 0 aliphatic carbocycles. The van der Waals surface area contributed by atoms with Crippen molar-refractivity contribution >= 4 is 11.9 Å². The molecule has 1 N–H and O–H groups in total. The van der Waals surface area contributed by atoms with Gasteiger partial charge in [0, 0.05) is 58.3 Å². The summed E-state index contributed by atoms with van der Waals surface area (Å²) >= 11 is 0. The summed E-state index contributed by atoms with van der Waals surface area (Å²) in [4.78, 5) is 20.3. The molecule has 174 valence electrons. The Bertz CT molecular complexity index is 703. The van der Waals surface area contributed by atoms with Crippen LogP contribution < -0.4 is 14.8 Å². The molecule has 0 radical (unpaired) electrons. The first-order chi connectivity index (χ1) is 15.1. The molecular formula is C23H38N4O4. The number of carbonyl (C=O) groups is 1. The number of guanidine groups is 1. The second kappa shape index (κ2) is 13.7. The van der Waals surface area contributed by atoms with Gasteiger partial charge in [-0.25, -0.2) is 0 Å². The minimum atomic E-state index is -0.123. The SMILES string of the molecule is CN=C(NCCCCCCC(=O)OC)N1CCN(Cc2cc(OC)ccc2OC)CC1. The number of unbranched alkanes of at least 4 members (excludes halogenated alkanes) is 3. The molecule has 0 atom stereocenters. The van der Waals surface area contributed by atoms with E-state index in [1.165, 1.54) is 7.11 Å². The van der Waals surface area contributed by atoms with E-state index in [0.717, 1.165) is 88.0 Å². The van der Waals surface area contributed by atoms with Gasteiger partial charge in [-0.15, -0.1) is 0 Å². The van der Waals surface area contributed by atoms with E-state index in [1.54, 1.807) is 14.2 Å². The molecule has 31 heavy (non-hydrogen) atoms. The Labute approximate surface area is 186 Å². The second-order valence-electron chi connectivity index (χ2n) is 7.66. The number of esters is 1. The van der Waals surface area contributed by atoms with Gasteiger partial charge in [0.05, 0.1) is 21.3 Å². The molecular weight excluding hydrogens is 396 g/mol. The summed E-state index contributed by atoms with van der Waals surface area (Å²) in [5.41, 5.74) is 1.14. The fourth-order valence-corrected chi connectivity index (χ4v) is 3.75. The van der Waals surface area contributed by atoms with Crippen LogP contribution in [0.5, 0.6) is 11.5 Å². The summed E-state index contributed by atoms with van der Waals surface area (Å²) in [6.45, 7) is 5.54. The predicted octanol–water partition coefficient (Wildman–Crippen LogP) is 2.52. The Balaban J connectivity index is 1.70. The van der Waals surface area contributed by atoms with Gasteiger partial charge >= 0.3 is 5.97 Å². The maximum Gasteiger partial charge on any atom is 0.305 e. The summed E-state index contributed by atoms with van der Waals surface area (Å²) in [7, 11) is 6.67. The fourth-order valence-electron chi connectivity index (χ4n) is 3.75. The van der Waals surface area contributed by atoms with Crippen molar-refractivity contribution in [1.29, 1.82) is 0 Å². The topological polar surface area (TPSA) is 75.6 Å². The highest BCUT2D eigenvalue weighted by Crippen LogP contribution is 2.25. The number of ether oxygens (including phenoxy) is 3. The number of benzene rings is 1. The molecule has 0 bridgehead atoms. The molecule has 0 saturated carbocycles. The summed E-state index contributed by atoms with van der Waals surface area (Å²) in [5, 5.41) is 3.48. The molecule has 0 aromatic heterocycles. The maximum absolute atomic E-state index is 11.1. The zero-order valence-corrected chi connectivity index (χ0v) is 19.5. The minimum Gasteiger partial charge on any atom is -0.497 e. The van der Waals surface area contributed by atoms with Crippen molar-refractivity contribution in [2.45, 2.75) is 38.6 Å². The highest BCUT2D eigenvalue weighted by atomic mass is 16.5. The van der Waals surface area contributed by atoms with E-state index >= 15 is 0 Å². The lowest BCUT2D eigenvalue weighted by molar-refractivity contribution is -0.140. The zero-order valence-electron chi connectivity index (χ0n) is 19.5. The first-order valence-corrected chi connectivity index (χ1v) is 11.1. The van der Waals surface area contributed by atoms with Crippen molar-refractivity contribution in [3.63, 3.8) is 0 Å². The van der Waals surface area contributed by atoms with Gasteiger partial charge in [-0.2, -0.15) is 0 Å². The first kappa shape index (κ1) is 24.8. The lowest BCUT2D eigenvalue weighted by Crippen LogP contribution is -2.52. The number of carbonyl (C=O) groups excluding carboxylic acids is 1. The number of rotatable bonds is 11. The Kier molecular flexibility index (Phi) is 11.0. The molecule has 1 heterocycles. The van der Waals surface area contributed by atoms with Crippen LogP contribution in [0.4, 0.5) is 0 Å². The Morgan fingerprint density at radius 3 is 2.42 bits per heavy atom. The third kappa shape index (κ3) is 8.28. The third-order valence-electron chi connectivity index (χ3n) is 5.58. The van der Waals surface area contributed by atoms with E-state index in [0.29, 0.717) is 6.42 Å². The van der Waals surface area contributed by atoms with Crippen LogP contribution in [0.25, 0.3) is 0 Å². The Morgan fingerprint density at radius 1 is 1.03 bits per heavy atom. The van der Waals surface area contributed by atoms with Crippen molar-refractivity contribution in [3.05, 3.63) is 23.8 Å². The van der Waals surface area contributed by atoms with Gasteiger partial charge in [-0.1, -0.05) is 12.8 Å². The highest BCUT2D eigenvalue weighted by Gasteiger charge is 2.20. The largest absolute Gasteiger partial charge is 0.497 e. The second-order valence-corrected chi connectivity index (χ2v) is 7.66. The minimum absolute atomic E-state index is 0.123. The average Bonchev–Trinajstić information content (AvgIpc) is 2.81. The van der Waals surface area contributed by atoms with E-state index in [9.17, 15) is 4.79 Å². The van der Waals surface area contributed by atoms with E-state index in [2.05, 4.69) is 30.9 Å². The van der Waals surface area contributed by atoms with Crippen LogP contribution in [0.1, 0.15) is 37.7 Å². The first-order valence-electron chi connectivity index (χ1n) is 11.1. The summed E-state index contributed by atoms with van der Waals surface area (Å²) < 4.78 is 15.5. The van der Waals surface area contributed by atoms with Gasteiger partial charge in [0.25, 0.3) is 0 Å². The molecule has 0 amide bonds. The van der Waals surface area contributed by atoms with E-state index in [-0.39, 0.29) is 5.97 Å². The number of hydrogen-bond donors (Lipinski definition) is 1. The summed E-state index contributed by atoms with van der Waals surface area (Å²) in [6.07, 6.45) is 4.60. The smallest absolute Gasteiger partial charge is 0.305 e. The van der Waals surface area contributed by atoms with Gasteiger partial charge < -0.3 is 24.4 Å². The average molecular weight is 435 g/mol. The molecule has 0 spiro atoms. The number of hydrogen-bond acceptors (Lipinski definition) is 6. The predicted molar refractivity (Wildman–Crippen MR) is 123 cm³/mol. The van der Waals surface area contributed by atoms with Crippen molar-refractivity contribution in [3.8, 4) is 11.5 Å². The van der Waals surface area contributed by atoms with Gasteiger partial charge in [0.2, 0.25) is 0 Å². The zero-order chi connectivity index (χ0) is 22.5. The van der Waals surface area contributed by atoms with Gasteiger partial charge in [-0.3, -0.25) is 14.7 Å². The summed E-state index contributed by atoms with van der Waals surface area (Å²) in [5.74, 6) is 2.59. The lowest BCUT2D eigenvalue weighted by atomic mass is 10.1. The molecule has 1 aliphatic heterocycles. The summed E-state index contributed by atoms with van der Waals surface area (Å²) in [6, 6.07) is 5.94. The molecule has 0 unspecified atom stereocenters. The molecule has 1 aromatic carbocycles. The van der Waals surface area contributed by atoms with Crippen molar-refractivity contribution in [2.75, 3.05) is 61.1 Å². The number of nitrogens with zero attached hydrogens (tertiary/aromatic N) is 3. The Morgan fingerprint density at radius 2 is 1.77 bits per heavy atom. The Hall–Kier alpha value is -2.48. The lowest BCUT2D eigenvalue weighted by Gasteiger charge is -2.36. The van der Waals surface area contributed by atoms with Crippen LogP contribution in [0.15, 0.2) is 23.2 Å². The van der Waals surface area contributed by atoms with Crippen LogP contribution in [0.3, 0.4) is 0 Å². The van der Waals surface area contributed by atoms with Crippen LogP contribution in [-0.2, 0) is 16.1 Å². The monoisotopic (exact) mass is 434 g/mol. The van der Waals surface area contributed by atoms with Crippen LogP contribution in [-0.4, -0.2) is 82.8 Å². The third-order valence-corrected chi connectivity index (χ3v) is 5.58. The van der Waals surface area contributed by atoms with Crippen molar-refractivity contribution in [1.82, 2.24) is 15.1 Å². The number of aliphatic imine (C=N–C) groups is 1. The van der Waals surface area contributed by atoms with Gasteiger partial charge in [-0.05, 0) is 31.0 Å². The van der Waals surface area contributed by atoms with Gasteiger partial charge in [0.1, 0.15) is 11.5 Å². The molecule has 8 nitrogen and oxygen atoms in total. The van der Waals surface area contributed by atoms with Crippen LogP contribution >= 0.6 is 0 Å². The molecule has 1 aliphatic rings. The van der Waals surface area contributed by atoms with E-state index in [1.807, 2.05) is 19.2 Å². The normalized spacial score (nSPS) is 15.0. The van der Waals surface area contributed by atoms with E-state index in [4.69, 9.17) is 9.47 Å². The molecule has 1 saturated heterocycles. The fraction of sp³-hybridized carbons (Fsp3) is 0.652. The van der Waals surface area contributed by atoms with Gasteiger partial charge in [0.15, 0.2) is 5.96 Å². The van der Waals surface area contributed by atoms with Crippen molar-refractivity contribution in [2.24, 2.45) is 4.99 Å². The van der Waals surface area contributed by atoms with Crippen LogP contribution in [0, 0.1) is 0 Å². The number of piperazine rings is 1. The molecule has 2 rings (SSSR count). The number of methoxy groups -OCH3 is 3. The number of nitrogens with one attached hydrogen (secondary N) is 1. The standard InChI is InChI=1S/C23H38N4O4/c1-24-23(25-12-8-6-5-7-9-22(28)31-4)27-15-13-26(14-16-27)18-19-17-20(29-2)10-11-21(19)30-3/h10-11,17H,5-9,12-16,18H2,1-4H3,(H,24,25). The highest BCUT2D eigenvalue weighted by molar-refractivity contribution is 5.80.